The van der Waals surface area contributed by atoms with Crippen LogP contribution in [-0.2, 0) is 10.2 Å². The molecule has 174 valence electrons. The van der Waals surface area contributed by atoms with E-state index in [0.29, 0.717) is 16.5 Å². The quantitative estimate of drug-likeness (QED) is 0.487. The molecule has 0 fully saturated rings. The minimum absolute atomic E-state index is 0.116. The molecule has 8 heteroatoms. The first-order chi connectivity index (χ1) is 15.5. The lowest BCUT2D eigenvalue weighted by Gasteiger charge is -2.26. The maximum absolute atomic E-state index is 13.0. The number of carbonyl (C=O) groups is 2. The zero-order chi connectivity index (χ0) is 24.2. The zero-order valence-electron chi connectivity index (χ0n) is 19.6. The summed E-state index contributed by atoms with van der Waals surface area (Å²) in [5.41, 5.74) is 2.06. The number of para-hydroxylation sites is 1. The first-order valence-corrected chi connectivity index (χ1v) is 11.2. The molecular formula is C25H30ClN5O2. The maximum Gasteiger partial charge on any atom is 0.322 e. The number of aromatic nitrogens is 2. The average molecular weight is 468 g/mol. The Hall–Kier alpha value is -3.32. The molecule has 1 aromatic heterocycles. The Morgan fingerprint density at radius 3 is 2.33 bits per heavy atom. The van der Waals surface area contributed by atoms with Crippen molar-refractivity contribution in [1.29, 1.82) is 0 Å². The lowest BCUT2D eigenvalue weighted by Crippen LogP contribution is -2.44. The van der Waals surface area contributed by atoms with E-state index in [1.165, 1.54) is 4.90 Å². The van der Waals surface area contributed by atoms with Crippen LogP contribution < -0.4 is 10.6 Å². The topological polar surface area (TPSA) is 79.3 Å². The van der Waals surface area contributed by atoms with E-state index in [9.17, 15) is 9.59 Å². The molecular weight excluding hydrogens is 438 g/mol. The van der Waals surface area contributed by atoms with Crippen LogP contribution in [0, 0.1) is 0 Å². The minimum atomic E-state index is -0.380. The summed E-state index contributed by atoms with van der Waals surface area (Å²) >= 11 is 6.01. The Kier molecular flexibility index (Phi) is 7.43. The first-order valence-electron chi connectivity index (χ1n) is 10.8. The van der Waals surface area contributed by atoms with Gasteiger partial charge in [-0.2, -0.15) is 5.10 Å². The zero-order valence-corrected chi connectivity index (χ0v) is 20.3. The number of rotatable bonds is 6. The van der Waals surface area contributed by atoms with E-state index in [1.807, 2.05) is 50.2 Å². The van der Waals surface area contributed by atoms with Crippen LogP contribution in [0.25, 0.3) is 5.69 Å². The lowest BCUT2D eigenvalue weighted by atomic mass is 9.92. The molecule has 2 aromatic carbocycles. The number of amides is 3. The van der Waals surface area contributed by atoms with E-state index >= 15 is 0 Å². The summed E-state index contributed by atoms with van der Waals surface area (Å²) in [6.45, 7) is 9.80. The van der Waals surface area contributed by atoms with Gasteiger partial charge in [0.2, 0.25) is 5.91 Å². The van der Waals surface area contributed by atoms with E-state index in [1.54, 1.807) is 28.9 Å². The predicted molar refractivity (Wildman–Crippen MR) is 133 cm³/mol. The Morgan fingerprint density at radius 1 is 1.03 bits per heavy atom. The number of hydrogen-bond acceptors (Lipinski definition) is 3. The van der Waals surface area contributed by atoms with E-state index in [-0.39, 0.29) is 29.9 Å². The highest BCUT2D eigenvalue weighted by Crippen LogP contribution is 2.26. The molecule has 3 amide bonds. The molecule has 0 atom stereocenters. The summed E-state index contributed by atoms with van der Waals surface area (Å²) in [6, 6.07) is 17.8. The standard InChI is InChI=1S/C25H30ClN5O2/c1-17(2)30(24(33)27-19-11-9-10-18(26)14-19)16-23(32)28-22-15-21(25(3,4)5)29-31(22)20-12-7-6-8-13-20/h6-15,17H,16H2,1-5H3,(H,27,33)(H,28,32). The van der Waals surface area contributed by atoms with E-state index in [4.69, 9.17) is 16.7 Å². The third-order valence-corrected chi connectivity index (χ3v) is 5.26. The van der Waals surface area contributed by atoms with Gasteiger partial charge in [0.15, 0.2) is 0 Å². The third kappa shape index (κ3) is 6.35. The highest BCUT2D eigenvalue weighted by molar-refractivity contribution is 6.30. The Balaban J connectivity index is 1.79. The van der Waals surface area contributed by atoms with Crippen molar-refractivity contribution in [2.45, 2.75) is 46.1 Å². The van der Waals surface area contributed by atoms with Gasteiger partial charge in [-0.25, -0.2) is 9.48 Å². The summed E-state index contributed by atoms with van der Waals surface area (Å²) in [5.74, 6) is 0.234. The Labute approximate surface area is 199 Å². The molecule has 0 aliphatic rings. The van der Waals surface area contributed by atoms with Crippen LogP contribution in [0.5, 0.6) is 0 Å². The molecule has 1 heterocycles. The fourth-order valence-electron chi connectivity index (χ4n) is 3.19. The molecule has 0 aliphatic carbocycles. The Bertz CT molecular complexity index is 1120. The molecule has 7 nitrogen and oxygen atoms in total. The van der Waals surface area contributed by atoms with Gasteiger partial charge < -0.3 is 15.5 Å². The molecule has 2 N–H and O–H groups in total. The lowest BCUT2D eigenvalue weighted by molar-refractivity contribution is -0.117. The molecule has 3 aromatic rings. The molecule has 0 spiro atoms. The second kappa shape index (κ2) is 10.1. The van der Waals surface area contributed by atoms with Crippen molar-refractivity contribution >= 4 is 35.0 Å². The van der Waals surface area contributed by atoms with Crippen molar-refractivity contribution in [3.05, 3.63) is 71.4 Å². The normalized spacial score (nSPS) is 11.4. The number of nitrogens with zero attached hydrogens (tertiary/aromatic N) is 3. The first kappa shape index (κ1) is 24.3. The van der Waals surface area contributed by atoms with Gasteiger partial charge in [0.25, 0.3) is 0 Å². The van der Waals surface area contributed by atoms with Gasteiger partial charge in [0.1, 0.15) is 12.4 Å². The molecule has 0 aliphatic heterocycles. The van der Waals surface area contributed by atoms with Crippen molar-refractivity contribution in [3.63, 3.8) is 0 Å². The number of carbonyl (C=O) groups excluding carboxylic acids is 2. The van der Waals surface area contributed by atoms with Crippen LogP contribution >= 0.6 is 11.6 Å². The fraction of sp³-hybridized carbons (Fsp3) is 0.320. The number of nitrogens with one attached hydrogen (secondary N) is 2. The van der Waals surface area contributed by atoms with Crippen molar-refractivity contribution in [1.82, 2.24) is 14.7 Å². The monoisotopic (exact) mass is 467 g/mol. The van der Waals surface area contributed by atoms with Crippen molar-refractivity contribution in [2.24, 2.45) is 0 Å². The highest BCUT2D eigenvalue weighted by atomic mass is 35.5. The summed E-state index contributed by atoms with van der Waals surface area (Å²) in [4.78, 5) is 27.3. The summed E-state index contributed by atoms with van der Waals surface area (Å²) in [5, 5.41) is 11.0. The highest BCUT2D eigenvalue weighted by Gasteiger charge is 2.24. The van der Waals surface area contributed by atoms with Crippen LogP contribution in [0.3, 0.4) is 0 Å². The van der Waals surface area contributed by atoms with E-state index < -0.39 is 0 Å². The molecule has 0 saturated carbocycles. The van der Waals surface area contributed by atoms with Gasteiger partial charge in [0, 0.05) is 28.2 Å². The maximum atomic E-state index is 13.0. The van der Waals surface area contributed by atoms with Gasteiger partial charge in [-0.1, -0.05) is 56.6 Å². The SMILES string of the molecule is CC(C)N(CC(=O)Nc1cc(C(C)(C)C)nn1-c1ccccc1)C(=O)Nc1cccc(Cl)c1. The molecule has 0 unspecified atom stereocenters. The summed E-state index contributed by atoms with van der Waals surface area (Å²) in [7, 11) is 0. The molecule has 0 bridgehead atoms. The molecule has 0 radical (unpaired) electrons. The molecule has 33 heavy (non-hydrogen) atoms. The van der Waals surface area contributed by atoms with Crippen LogP contribution in [0.15, 0.2) is 60.7 Å². The number of hydrogen-bond donors (Lipinski definition) is 2. The second-order valence-electron chi connectivity index (χ2n) is 9.12. The Morgan fingerprint density at radius 2 is 1.73 bits per heavy atom. The van der Waals surface area contributed by atoms with Crippen LogP contribution in [0.4, 0.5) is 16.3 Å². The summed E-state index contributed by atoms with van der Waals surface area (Å²) < 4.78 is 1.71. The van der Waals surface area contributed by atoms with E-state index in [2.05, 4.69) is 31.4 Å². The number of benzene rings is 2. The third-order valence-electron chi connectivity index (χ3n) is 5.02. The van der Waals surface area contributed by atoms with Gasteiger partial charge in [0.05, 0.1) is 11.4 Å². The van der Waals surface area contributed by atoms with Crippen molar-refractivity contribution in [2.75, 3.05) is 17.2 Å². The average Bonchev–Trinajstić information content (AvgIpc) is 3.16. The molecule has 3 rings (SSSR count). The van der Waals surface area contributed by atoms with Gasteiger partial charge in [-0.3, -0.25) is 4.79 Å². The van der Waals surface area contributed by atoms with E-state index in [0.717, 1.165) is 11.4 Å². The predicted octanol–water partition coefficient (Wildman–Crippen LogP) is 5.70. The smallest absolute Gasteiger partial charge is 0.313 e. The van der Waals surface area contributed by atoms with Crippen molar-refractivity contribution in [3.8, 4) is 5.69 Å². The van der Waals surface area contributed by atoms with Crippen molar-refractivity contribution < 1.29 is 9.59 Å². The van der Waals surface area contributed by atoms with Gasteiger partial charge >= 0.3 is 6.03 Å². The molecule has 0 saturated heterocycles. The number of urea groups is 1. The number of halogens is 1. The number of anilines is 2. The largest absolute Gasteiger partial charge is 0.322 e. The second-order valence-corrected chi connectivity index (χ2v) is 9.56. The van der Waals surface area contributed by atoms with Gasteiger partial charge in [-0.15, -0.1) is 0 Å². The van der Waals surface area contributed by atoms with Crippen LogP contribution in [0.2, 0.25) is 5.02 Å². The minimum Gasteiger partial charge on any atom is -0.313 e. The van der Waals surface area contributed by atoms with Crippen LogP contribution in [0.1, 0.15) is 40.3 Å². The van der Waals surface area contributed by atoms with Gasteiger partial charge in [-0.05, 0) is 44.2 Å². The van der Waals surface area contributed by atoms with Crippen LogP contribution in [-0.4, -0.2) is 39.2 Å². The summed E-state index contributed by atoms with van der Waals surface area (Å²) in [6.07, 6.45) is 0. The fourth-order valence-corrected chi connectivity index (χ4v) is 3.38.